The number of hydrogen-bond acceptors (Lipinski definition) is 3. The van der Waals surface area contributed by atoms with Crippen LogP contribution in [0.2, 0.25) is 0 Å². The fourth-order valence-electron chi connectivity index (χ4n) is 2.36. The molecule has 0 radical (unpaired) electrons. The minimum absolute atomic E-state index is 0.185. The summed E-state index contributed by atoms with van der Waals surface area (Å²) in [7, 11) is 0. The SMILES string of the molecule is CC(NC(=O)C(F)c1ccc(C(F)(F)F)cc1)c1ccc(OCC(=O)O)cc1. The summed E-state index contributed by atoms with van der Waals surface area (Å²) in [4.78, 5) is 22.5. The van der Waals surface area contributed by atoms with Crippen LogP contribution in [0.15, 0.2) is 48.5 Å². The van der Waals surface area contributed by atoms with Crippen LogP contribution in [0.5, 0.6) is 5.75 Å². The molecule has 9 heteroatoms. The molecule has 2 N–H and O–H groups in total. The molecule has 2 aromatic carbocycles. The molecule has 2 rings (SSSR count). The Labute approximate surface area is 157 Å². The molecule has 2 unspecified atom stereocenters. The summed E-state index contributed by atoms with van der Waals surface area (Å²) in [6.07, 6.45) is -6.66. The van der Waals surface area contributed by atoms with Crippen LogP contribution in [-0.4, -0.2) is 23.6 Å². The van der Waals surface area contributed by atoms with Crippen LogP contribution in [0.4, 0.5) is 17.6 Å². The van der Waals surface area contributed by atoms with Gasteiger partial charge in [0.15, 0.2) is 6.61 Å². The summed E-state index contributed by atoms with van der Waals surface area (Å²) in [6, 6.07) is 8.85. The van der Waals surface area contributed by atoms with Gasteiger partial charge in [-0.2, -0.15) is 13.2 Å². The van der Waals surface area contributed by atoms with Crippen molar-refractivity contribution in [2.24, 2.45) is 0 Å². The van der Waals surface area contributed by atoms with Gasteiger partial charge in [-0.3, -0.25) is 4.79 Å². The maximum absolute atomic E-state index is 14.3. The average molecular weight is 399 g/mol. The lowest BCUT2D eigenvalue weighted by molar-refractivity contribution is -0.139. The zero-order chi connectivity index (χ0) is 20.9. The fourth-order valence-corrected chi connectivity index (χ4v) is 2.36. The van der Waals surface area contributed by atoms with Gasteiger partial charge in [0, 0.05) is 0 Å². The van der Waals surface area contributed by atoms with Gasteiger partial charge in [-0.05, 0) is 42.3 Å². The van der Waals surface area contributed by atoms with Crippen molar-refractivity contribution in [3.05, 3.63) is 65.2 Å². The number of halogens is 4. The fraction of sp³-hybridized carbons (Fsp3) is 0.263. The van der Waals surface area contributed by atoms with E-state index in [2.05, 4.69) is 5.32 Å². The average Bonchev–Trinajstić information content (AvgIpc) is 2.65. The van der Waals surface area contributed by atoms with Crippen molar-refractivity contribution in [3.63, 3.8) is 0 Å². The Morgan fingerprint density at radius 3 is 2.07 bits per heavy atom. The quantitative estimate of drug-likeness (QED) is 0.689. The third-order valence-corrected chi connectivity index (χ3v) is 3.86. The van der Waals surface area contributed by atoms with Crippen molar-refractivity contribution in [1.82, 2.24) is 5.32 Å². The predicted octanol–water partition coefficient (Wildman–Crippen LogP) is 4.06. The van der Waals surface area contributed by atoms with Gasteiger partial charge in [-0.1, -0.05) is 24.3 Å². The Morgan fingerprint density at radius 1 is 1.04 bits per heavy atom. The lowest BCUT2D eigenvalue weighted by atomic mass is 10.1. The van der Waals surface area contributed by atoms with Gasteiger partial charge in [0.25, 0.3) is 5.91 Å². The largest absolute Gasteiger partial charge is 0.482 e. The van der Waals surface area contributed by atoms with Crippen LogP contribution in [-0.2, 0) is 15.8 Å². The van der Waals surface area contributed by atoms with Crippen molar-refractivity contribution in [2.75, 3.05) is 6.61 Å². The van der Waals surface area contributed by atoms with Crippen LogP contribution < -0.4 is 10.1 Å². The molecule has 0 aliphatic carbocycles. The Bertz CT molecular complexity index is 819. The van der Waals surface area contributed by atoms with Crippen LogP contribution in [0, 0.1) is 0 Å². The number of carboxylic acid groups (broad SMARTS) is 1. The first-order valence-electron chi connectivity index (χ1n) is 8.14. The maximum Gasteiger partial charge on any atom is 0.416 e. The van der Waals surface area contributed by atoms with Crippen LogP contribution in [0.3, 0.4) is 0 Å². The second kappa shape index (κ2) is 8.73. The number of alkyl halides is 4. The van der Waals surface area contributed by atoms with E-state index in [0.29, 0.717) is 23.4 Å². The van der Waals surface area contributed by atoms with E-state index in [1.54, 1.807) is 19.1 Å². The van der Waals surface area contributed by atoms with E-state index in [-0.39, 0.29) is 5.56 Å². The molecule has 0 saturated heterocycles. The summed E-state index contributed by atoms with van der Waals surface area (Å²) in [5, 5.41) is 11.0. The van der Waals surface area contributed by atoms with Crippen molar-refractivity contribution in [1.29, 1.82) is 0 Å². The smallest absolute Gasteiger partial charge is 0.416 e. The highest BCUT2D eigenvalue weighted by Crippen LogP contribution is 2.30. The first kappa shape index (κ1) is 21.2. The molecule has 28 heavy (non-hydrogen) atoms. The van der Waals surface area contributed by atoms with Gasteiger partial charge in [0.1, 0.15) is 5.75 Å². The van der Waals surface area contributed by atoms with Crippen LogP contribution >= 0.6 is 0 Å². The highest BCUT2D eigenvalue weighted by Gasteiger charge is 2.31. The molecule has 1 amide bonds. The topological polar surface area (TPSA) is 75.6 Å². The summed E-state index contributed by atoms with van der Waals surface area (Å²) < 4.78 is 56.9. The van der Waals surface area contributed by atoms with Gasteiger partial charge in [-0.15, -0.1) is 0 Å². The molecule has 0 aliphatic rings. The van der Waals surface area contributed by atoms with Gasteiger partial charge < -0.3 is 15.2 Å². The standard InChI is InChI=1S/C19H17F4NO4/c1-11(12-4-8-15(9-5-12)28-10-16(25)26)24-18(27)17(20)13-2-6-14(7-3-13)19(21,22)23/h2-9,11,17H,10H2,1H3,(H,24,27)(H,25,26). The number of ether oxygens (including phenoxy) is 1. The van der Waals surface area contributed by atoms with Crippen molar-refractivity contribution >= 4 is 11.9 Å². The normalized spacial score (nSPS) is 13.5. The van der Waals surface area contributed by atoms with Crippen molar-refractivity contribution in [2.45, 2.75) is 25.3 Å². The zero-order valence-corrected chi connectivity index (χ0v) is 14.7. The number of rotatable bonds is 7. The third-order valence-electron chi connectivity index (χ3n) is 3.86. The third kappa shape index (κ3) is 5.70. The van der Waals surface area contributed by atoms with Gasteiger partial charge in [0.05, 0.1) is 11.6 Å². The van der Waals surface area contributed by atoms with E-state index >= 15 is 0 Å². The second-order valence-electron chi connectivity index (χ2n) is 5.96. The predicted molar refractivity (Wildman–Crippen MR) is 91.4 cm³/mol. The van der Waals surface area contributed by atoms with Crippen LogP contribution in [0.1, 0.15) is 35.8 Å². The molecule has 2 atom stereocenters. The number of carboxylic acids is 1. The summed E-state index contributed by atoms with van der Waals surface area (Å²) in [5.41, 5.74) is -0.506. The lowest BCUT2D eigenvalue weighted by Crippen LogP contribution is -2.30. The molecule has 0 bridgehead atoms. The van der Waals surface area contributed by atoms with Gasteiger partial charge in [-0.25, -0.2) is 9.18 Å². The maximum atomic E-state index is 14.3. The molecule has 0 spiro atoms. The number of carbonyl (C=O) groups is 2. The van der Waals surface area contributed by atoms with Crippen molar-refractivity contribution < 1.29 is 37.0 Å². The Morgan fingerprint density at radius 2 is 1.57 bits per heavy atom. The van der Waals surface area contributed by atoms with Gasteiger partial charge >= 0.3 is 12.1 Å². The Balaban J connectivity index is 1.98. The molecular weight excluding hydrogens is 382 g/mol. The number of hydrogen-bond donors (Lipinski definition) is 2. The van der Waals surface area contributed by atoms with E-state index in [1.807, 2.05) is 0 Å². The molecule has 5 nitrogen and oxygen atoms in total. The molecule has 0 heterocycles. The molecule has 0 aliphatic heterocycles. The van der Waals surface area contributed by atoms with E-state index in [9.17, 15) is 27.2 Å². The highest BCUT2D eigenvalue weighted by molar-refractivity contribution is 5.82. The number of benzene rings is 2. The summed E-state index contributed by atoms with van der Waals surface area (Å²) in [5.74, 6) is -1.79. The number of carbonyl (C=O) groups excluding carboxylic acids is 1. The number of amides is 1. The Hall–Kier alpha value is -3.10. The summed E-state index contributed by atoms with van der Waals surface area (Å²) in [6.45, 7) is 1.10. The van der Waals surface area contributed by atoms with E-state index in [1.165, 1.54) is 12.1 Å². The molecule has 0 aromatic heterocycles. The monoisotopic (exact) mass is 399 g/mol. The molecule has 150 valence electrons. The van der Waals surface area contributed by atoms with E-state index < -0.39 is 42.4 Å². The lowest BCUT2D eigenvalue weighted by Gasteiger charge is -2.17. The molecule has 0 fully saturated rings. The highest BCUT2D eigenvalue weighted by atomic mass is 19.4. The first-order valence-corrected chi connectivity index (χ1v) is 8.14. The van der Waals surface area contributed by atoms with Crippen molar-refractivity contribution in [3.8, 4) is 5.75 Å². The minimum Gasteiger partial charge on any atom is -0.482 e. The molecule has 0 saturated carbocycles. The molecular formula is C19H17F4NO4. The summed E-state index contributed by atoms with van der Waals surface area (Å²) >= 11 is 0. The number of aliphatic carboxylic acids is 1. The number of nitrogens with one attached hydrogen (secondary N) is 1. The molecule has 2 aromatic rings. The van der Waals surface area contributed by atoms with Gasteiger partial charge in [0.2, 0.25) is 6.17 Å². The van der Waals surface area contributed by atoms with E-state index in [0.717, 1.165) is 12.1 Å². The zero-order valence-electron chi connectivity index (χ0n) is 14.7. The van der Waals surface area contributed by atoms with Crippen LogP contribution in [0.25, 0.3) is 0 Å². The minimum atomic E-state index is -4.54. The Kier molecular flexibility index (Phi) is 6.61. The second-order valence-corrected chi connectivity index (χ2v) is 5.96. The first-order chi connectivity index (χ1) is 13.1. The van der Waals surface area contributed by atoms with E-state index in [4.69, 9.17) is 9.84 Å².